The lowest BCUT2D eigenvalue weighted by Gasteiger charge is -2.09. The van der Waals surface area contributed by atoms with E-state index in [1.807, 2.05) is 6.07 Å². The zero-order chi connectivity index (χ0) is 8.97. The van der Waals surface area contributed by atoms with Crippen LogP contribution in [0.15, 0.2) is 24.3 Å². The monoisotopic (exact) mass is 180 g/mol. The van der Waals surface area contributed by atoms with Crippen LogP contribution < -0.4 is 11.9 Å². The Morgan fingerprint density at radius 2 is 1.69 bits per heavy atom. The highest BCUT2D eigenvalue weighted by molar-refractivity contribution is 5.27. The molecule has 0 saturated heterocycles. The Hall–Kier alpha value is -0.860. The van der Waals surface area contributed by atoms with Gasteiger partial charge in [0, 0.05) is 6.54 Å². The van der Waals surface area contributed by atoms with Gasteiger partial charge in [0.2, 0.25) is 0 Å². The van der Waals surface area contributed by atoms with Crippen molar-refractivity contribution in [1.82, 2.24) is 6.15 Å². The summed E-state index contributed by atoms with van der Waals surface area (Å²) in [6.45, 7) is 5.11. The van der Waals surface area contributed by atoms with Crippen molar-refractivity contribution in [3.05, 3.63) is 35.4 Å². The first kappa shape index (κ1) is 12.1. The fourth-order valence-electron chi connectivity index (χ4n) is 1.40. The predicted octanol–water partition coefficient (Wildman–Crippen LogP) is 2.51. The van der Waals surface area contributed by atoms with E-state index in [1.165, 1.54) is 11.1 Å². The predicted molar refractivity (Wildman–Crippen MR) is 57.9 cm³/mol. The standard InChI is InChI=1S/C11H17N.H3N/c1-9(2)7-10-5-3-4-6-11(10)8-12;/h3-6,9H,7-8,12H2,1-2H3;1H3. The summed E-state index contributed by atoms with van der Waals surface area (Å²) in [4.78, 5) is 0. The molecule has 0 aliphatic carbocycles. The van der Waals surface area contributed by atoms with Crippen LogP contribution >= 0.6 is 0 Å². The van der Waals surface area contributed by atoms with Gasteiger partial charge < -0.3 is 11.9 Å². The average molecular weight is 180 g/mol. The summed E-state index contributed by atoms with van der Waals surface area (Å²) in [6.07, 6.45) is 1.13. The first-order valence-corrected chi connectivity index (χ1v) is 4.51. The Kier molecular flexibility index (Phi) is 5.35. The Bertz CT molecular complexity index is 244. The van der Waals surface area contributed by atoms with E-state index in [0.29, 0.717) is 12.5 Å². The van der Waals surface area contributed by atoms with Gasteiger partial charge in [-0.2, -0.15) is 0 Å². The molecule has 2 heteroatoms. The molecule has 2 nitrogen and oxygen atoms in total. The molecule has 0 spiro atoms. The van der Waals surface area contributed by atoms with Crippen molar-refractivity contribution in [2.24, 2.45) is 11.7 Å². The highest BCUT2D eigenvalue weighted by Gasteiger charge is 2.01. The Balaban J connectivity index is 0.00000144. The zero-order valence-corrected chi connectivity index (χ0v) is 8.59. The molecule has 0 bridgehead atoms. The van der Waals surface area contributed by atoms with Crippen LogP contribution in [0.3, 0.4) is 0 Å². The largest absolute Gasteiger partial charge is 0.344 e. The Morgan fingerprint density at radius 1 is 1.15 bits per heavy atom. The molecule has 0 unspecified atom stereocenters. The number of hydrogen-bond acceptors (Lipinski definition) is 2. The molecule has 0 radical (unpaired) electrons. The number of hydrogen-bond donors (Lipinski definition) is 2. The fraction of sp³-hybridized carbons (Fsp3) is 0.455. The second kappa shape index (κ2) is 5.73. The van der Waals surface area contributed by atoms with Crippen LogP contribution in [0.1, 0.15) is 25.0 Å². The van der Waals surface area contributed by atoms with Crippen molar-refractivity contribution in [2.75, 3.05) is 0 Å². The van der Waals surface area contributed by atoms with Gasteiger partial charge in [0.15, 0.2) is 0 Å². The number of benzene rings is 1. The molecule has 0 heterocycles. The van der Waals surface area contributed by atoms with Crippen molar-refractivity contribution in [3.63, 3.8) is 0 Å². The van der Waals surface area contributed by atoms with Crippen molar-refractivity contribution in [3.8, 4) is 0 Å². The van der Waals surface area contributed by atoms with Gasteiger partial charge in [0.05, 0.1) is 0 Å². The molecule has 74 valence electrons. The second-order valence-electron chi connectivity index (χ2n) is 3.57. The van der Waals surface area contributed by atoms with E-state index >= 15 is 0 Å². The maximum Gasteiger partial charge on any atom is 0.0180 e. The lowest BCUT2D eigenvalue weighted by molar-refractivity contribution is 0.642. The summed E-state index contributed by atoms with van der Waals surface area (Å²) in [6, 6.07) is 8.41. The number of rotatable bonds is 3. The van der Waals surface area contributed by atoms with Crippen LogP contribution in [0.2, 0.25) is 0 Å². The van der Waals surface area contributed by atoms with Gasteiger partial charge in [-0.3, -0.25) is 0 Å². The third-order valence-corrected chi connectivity index (χ3v) is 1.97. The van der Waals surface area contributed by atoms with Crippen molar-refractivity contribution < 1.29 is 0 Å². The lowest BCUT2D eigenvalue weighted by atomic mass is 9.98. The Labute approximate surface area is 80.7 Å². The molecule has 0 amide bonds. The summed E-state index contributed by atoms with van der Waals surface area (Å²) in [5.74, 6) is 0.706. The van der Waals surface area contributed by atoms with E-state index in [-0.39, 0.29) is 6.15 Å². The summed E-state index contributed by atoms with van der Waals surface area (Å²) >= 11 is 0. The van der Waals surface area contributed by atoms with E-state index in [4.69, 9.17) is 5.73 Å². The van der Waals surface area contributed by atoms with Crippen molar-refractivity contribution >= 4 is 0 Å². The summed E-state index contributed by atoms with van der Waals surface area (Å²) < 4.78 is 0. The molecular formula is C11H20N2. The second-order valence-corrected chi connectivity index (χ2v) is 3.57. The van der Waals surface area contributed by atoms with E-state index < -0.39 is 0 Å². The maximum atomic E-state index is 5.63. The van der Waals surface area contributed by atoms with E-state index in [1.54, 1.807) is 0 Å². The molecule has 0 fully saturated rings. The molecule has 0 aromatic heterocycles. The van der Waals surface area contributed by atoms with Crippen molar-refractivity contribution in [1.29, 1.82) is 0 Å². The van der Waals surface area contributed by atoms with Gasteiger partial charge in [0.25, 0.3) is 0 Å². The highest BCUT2D eigenvalue weighted by atomic mass is 14.5. The molecule has 1 rings (SSSR count). The molecular weight excluding hydrogens is 160 g/mol. The molecule has 5 N–H and O–H groups in total. The van der Waals surface area contributed by atoms with Crippen molar-refractivity contribution in [2.45, 2.75) is 26.8 Å². The average Bonchev–Trinajstić information content (AvgIpc) is 2.04. The third kappa shape index (κ3) is 3.57. The SMILES string of the molecule is CC(C)Cc1ccccc1CN.N. The zero-order valence-electron chi connectivity index (χ0n) is 8.59. The van der Waals surface area contributed by atoms with Crippen LogP contribution in [0, 0.1) is 5.92 Å². The maximum absolute atomic E-state index is 5.63. The Morgan fingerprint density at radius 3 is 2.15 bits per heavy atom. The molecule has 1 aromatic carbocycles. The highest BCUT2D eigenvalue weighted by Crippen LogP contribution is 2.12. The van der Waals surface area contributed by atoms with Gasteiger partial charge >= 0.3 is 0 Å². The van der Waals surface area contributed by atoms with E-state index in [2.05, 4.69) is 32.0 Å². The third-order valence-electron chi connectivity index (χ3n) is 1.97. The van der Waals surface area contributed by atoms with Gasteiger partial charge in [0.1, 0.15) is 0 Å². The van der Waals surface area contributed by atoms with Gasteiger partial charge in [-0.1, -0.05) is 38.1 Å². The smallest absolute Gasteiger partial charge is 0.0180 e. The minimum absolute atomic E-state index is 0. The van der Waals surface area contributed by atoms with Crippen LogP contribution in [0.5, 0.6) is 0 Å². The van der Waals surface area contributed by atoms with Gasteiger partial charge in [-0.15, -0.1) is 0 Å². The topological polar surface area (TPSA) is 61.0 Å². The molecule has 1 aromatic rings. The quantitative estimate of drug-likeness (QED) is 0.750. The lowest BCUT2D eigenvalue weighted by Crippen LogP contribution is -2.03. The van der Waals surface area contributed by atoms with Gasteiger partial charge in [-0.25, -0.2) is 0 Å². The minimum Gasteiger partial charge on any atom is -0.344 e. The fourth-order valence-corrected chi connectivity index (χ4v) is 1.40. The molecule has 0 aliphatic heterocycles. The first-order valence-electron chi connectivity index (χ1n) is 4.51. The molecule has 0 saturated carbocycles. The first-order chi connectivity index (χ1) is 5.74. The van der Waals surface area contributed by atoms with Gasteiger partial charge in [-0.05, 0) is 23.5 Å². The van der Waals surface area contributed by atoms with E-state index in [0.717, 1.165) is 6.42 Å². The van der Waals surface area contributed by atoms with Crippen LogP contribution in [0.4, 0.5) is 0 Å². The summed E-state index contributed by atoms with van der Waals surface area (Å²) in [5.41, 5.74) is 8.31. The molecule has 0 aliphatic rings. The minimum atomic E-state index is 0. The molecule has 0 atom stereocenters. The van der Waals surface area contributed by atoms with E-state index in [9.17, 15) is 0 Å². The normalized spacial score (nSPS) is 9.85. The summed E-state index contributed by atoms with van der Waals surface area (Å²) in [5, 5.41) is 0. The van der Waals surface area contributed by atoms with Crippen LogP contribution in [0.25, 0.3) is 0 Å². The summed E-state index contributed by atoms with van der Waals surface area (Å²) in [7, 11) is 0. The van der Waals surface area contributed by atoms with Crippen LogP contribution in [-0.4, -0.2) is 0 Å². The van der Waals surface area contributed by atoms with Crippen LogP contribution in [-0.2, 0) is 13.0 Å². The number of nitrogens with two attached hydrogens (primary N) is 1. The molecule has 13 heavy (non-hydrogen) atoms.